The van der Waals surface area contributed by atoms with Crippen LogP contribution in [0.3, 0.4) is 0 Å². The lowest BCUT2D eigenvalue weighted by molar-refractivity contribution is 0.0728. The predicted octanol–water partition coefficient (Wildman–Crippen LogP) is 2.17. The first-order chi connectivity index (χ1) is 17.1. The molecule has 0 unspecified atom stereocenters. The number of aromatic nitrogens is 5. The van der Waals surface area contributed by atoms with Crippen LogP contribution in [0.5, 0.6) is 11.5 Å². The molecule has 12 heteroatoms. The van der Waals surface area contributed by atoms with E-state index < -0.39 is 17.6 Å². The van der Waals surface area contributed by atoms with Crippen LogP contribution in [0.15, 0.2) is 41.5 Å². The summed E-state index contributed by atoms with van der Waals surface area (Å²) in [6.45, 7) is 4.18. The number of fused-ring (bicyclic) bond motifs is 2. The number of esters is 1. The number of rotatable bonds is 4. The highest BCUT2D eigenvalue weighted by molar-refractivity contribution is 5.98. The smallest absolute Gasteiger partial charge is 0.366 e. The number of hydrogen-bond acceptors (Lipinski definition) is 8. The first kappa shape index (κ1) is 23.1. The minimum Gasteiger partial charge on any atom is -0.507 e. The van der Waals surface area contributed by atoms with Crippen LogP contribution in [0.4, 0.5) is 4.39 Å². The maximum absolute atomic E-state index is 13.6. The van der Waals surface area contributed by atoms with Crippen molar-refractivity contribution < 1.29 is 23.8 Å². The molecule has 11 nitrogen and oxygen atoms in total. The molecule has 1 amide bonds. The van der Waals surface area contributed by atoms with Gasteiger partial charge in [-0.25, -0.2) is 23.4 Å². The number of nitrogens with zero attached hydrogens (tertiary/aromatic N) is 6. The van der Waals surface area contributed by atoms with Gasteiger partial charge in [-0.2, -0.15) is 4.68 Å². The topological polar surface area (TPSA) is 132 Å². The van der Waals surface area contributed by atoms with E-state index in [0.29, 0.717) is 11.1 Å². The van der Waals surface area contributed by atoms with Crippen molar-refractivity contribution in [3.63, 3.8) is 0 Å². The maximum atomic E-state index is 13.6. The highest BCUT2D eigenvalue weighted by atomic mass is 19.1. The Morgan fingerprint density at radius 1 is 1.14 bits per heavy atom. The Morgan fingerprint density at radius 3 is 2.64 bits per heavy atom. The Hall–Kier alpha value is -4.61. The number of carbonyl (C=O) groups excluding carboxylic acids is 2. The molecule has 184 valence electrons. The van der Waals surface area contributed by atoms with Gasteiger partial charge < -0.3 is 14.7 Å². The van der Waals surface area contributed by atoms with Crippen LogP contribution in [0.25, 0.3) is 5.65 Å². The van der Waals surface area contributed by atoms with Gasteiger partial charge in [-0.1, -0.05) is 25.1 Å². The Labute approximate surface area is 203 Å². The standard InChI is InChI=1S/C24H21FN6O5/c1-12(2)16-7-17(22(33)30-9-13-4-5-15(25)6-14(13)10-30)18(32)8-19(16)36-23(34)20-21-27-28-29(3)24(35)31(21)11-26-20/h4-8,11-12,32H,9-10H2,1-3H3. The normalized spacial score (nSPS) is 12.9. The van der Waals surface area contributed by atoms with E-state index in [1.807, 2.05) is 13.8 Å². The van der Waals surface area contributed by atoms with Gasteiger partial charge in [-0.3, -0.25) is 4.79 Å². The molecule has 2 aromatic heterocycles. The Bertz CT molecular complexity index is 1610. The van der Waals surface area contributed by atoms with Crippen molar-refractivity contribution in [2.24, 2.45) is 7.05 Å². The van der Waals surface area contributed by atoms with E-state index in [2.05, 4.69) is 15.3 Å². The van der Waals surface area contributed by atoms with Crippen LogP contribution in [0, 0.1) is 5.82 Å². The molecule has 0 radical (unpaired) electrons. The van der Waals surface area contributed by atoms with Gasteiger partial charge in [0.15, 0.2) is 11.3 Å². The molecule has 1 aliphatic heterocycles. The summed E-state index contributed by atoms with van der Waals surface area (Å²) in [5.41, 5.74) is 1.24. The Kier molecular flexibility index (Phi) is 5.50. The molecule has 0 saturated carbocycles. The fraction of sp³-hybridized carbons (Fsp3) is 0.250. The quantitative estimate of drug-likeness (QED) is 0.339. The fourth-order valence-electron chi connectivity index (χ4n) is 4.15. The van der Waals surface area contributed by atoms with Crippen LogP contribution >= 0.6 is 0 Å². The zero-order valence-corrected chi connectivity index (χ0v) is 19.6. The van der Waals surface area contributed by atoms with Crippen molar-refractivity contribution in [3.8, 4) is 11.5 Å². The highest BCUT2D eigenvalue weighted by Gasteiger charge is 2.29. The van der Waals surface area contributed by atoms with Crippen molar-refractivity contribution in [2.45, 2.75) is 32.9 Å². The zero-order valence-electron chi connectivity index (χ0n) is 19.6. The second kappa shape index (κ2) is 8.56. The zero-order chi connectivity index (χ0) is 25.7. The largest absolute Gasteiger partial charge is 0.507 e. The van der Waals surface area contributed by atoms with Gasteiger partial charge >= 0.3 is 11.7 Å². The lowest BCUT2D eigenvalue weighted by Gasteiger charge is -2.19. The third-order valence-electron chi connectivity index (χ3n) is 6.05. The molecule has 0 bridgehead atoms. The fourth-order valence-corrected chi connectivity index (χ4v) is 4.15. The van der Waals surface area contributed by atoms with Crippen LogP contribution in [-0.4, -0.2) is 46.3 Å². The summed E-state index contributed by atoms with van der Waals surface area (Å²) in [6, 6.07) is 7.06. The van der Waals surface area contributed by atoms with E-state index in [1.165, 1.54) is 36.2 Å². The lowest BCUT2D eigenvalue weighted by Crippen LogP contribution is -2.27. The van der Waals surface area contributed by atoms with Gasteiger partial charge in [0.05, 0.1) is 5.56 Å². The monoisotopic (exact) mass is 492 g/mol. The summed E-state index contributed by atoms with van der Waals surface area (Å²) < 4.78 is 21.1. The molecule has 36 heavy (non-hydrogen) atoms. The summed E-state index contributed by atoms with van der Waals surface area (Å²) in [5, 5.41) is 18.2. The van der Waals surface area contributed by atoms with E-state index in [1.54, 1.807) is 6.07 Å². The molecule has 0 fully saturated rings. The second-order valence-electron chi connectivity index (χ2n) is 8.81. The Morgan fingerprint density at radius 2 is 1.89 bits per heavy atom. The number of ether oxygens (including phenoxy) is 1. The number of imidazole rings is 1. The van der Waals surface area contributed by atoms with Gasteiger partial charge in [0, 0.05) is 26.2 Å². The van der Waals surface area contributed by atoms with Crippen molar-refractivity contribution in [2.75, 3.05) is 0 Å². The molecule has 5 rings (SSSR count). The van der Waals surface area contributed by atoms with Crippen LogP contribution < -0.4 is 10.4 Å². The van der Waals surface area contributed by atoms with Gasteiger partial charge in [0.25, 0.3) is 5.91 Å². The molecule has 0 atom stereocenters. The molecule has 0 spiro atoms. The van der Waals surface area contributed by atoms with Crippen molar-refractivity contribution in [3.05, 3.63) is 80.9 Å². The molecule has 1 N–H and O–H groups in total. The number of carbonyl (C=O) groups is 2. The average Bonchev–Trinajstić information content (AvgIpc) is 3.45. The molecule has 2 aromatic carbocycles. The Balaban J connectivity index is 1.45. The number of amides is 1. The highest BCUT2D eigenvalue weighted by Crippen LogP contribution is 2.35. The molecule has 3 heterocycles. The third-order valence-corrected chi connectivity index (χ3v) is 6.05. The molecule has 0 aliphatic carbocycles. The number of hydrogen-bond donors (Lipinski definition) is 1. The van der Waals surface area contributed by atoms with Gasteiger partial charge in [0.2, 0.25) is 0 Å². The lowest BCUT2D eigenvalue weighted by atomic mass is 9.98. The van der Waals surface area contributed by atoms with Crippen LogP contribution in [-0.2, 0) is 20.1 Å². The number of halogens is 1. The number of phenols is 1. The average molecular weight is 492 g/mol. The van der Waals surface area contributed by atoms with Gasteiger partial charge in [0.1, 0.15) is 23.6 Å². The van der Waals surface area contributed by atoms with Crippen molar-refractivity contribution in [1.82, 2.24) is 29.3 Å². The number of aryl methyl sites for hydroxylation is 1. The summed E-state index contributed by atoms with van der Waals surface area (Å²) in [5.74, 6) is -2.24. The first-order valence-corrected chi connectivity index (χ1v) is 11.1. The third kappa shape index (κ3) is 3.85. The van der Waals surface area contributed by atoms with Crippen LogP contribution in [0.1, 0.15) is 57.3 Å². The van der Waals surface area contributed by atoms with E-state index in [-0.39, 0.29) is 53.2 Å². The van der Waals surface area contributed by atoms with E-state index >= 15 is 0 Å². The maximum Gasteiger partial charge on any atom is 0.366 e. The molecular formula is C24H21FN6O5. The molecule has 0 saturated heterocycles. The summed E-state index contributed by atoms with van der Waals surface area (Å²) in [7, 11) is 1.41. The summed E-state index contributed by atoms with van der Waals surface area (Å²) in [4.78, 5) is 43.7. The van der Waals surface area contributed by atoms with Gasteiger partial charge in [-0.15, -0.1) is 5.10 Å². The number of benzene rings is 2. The van der Waals surface area contributed by atoms with Crippen molar-refractivity contribution >= 4 is 17.5 Å². The predicted molar refractivity (Wildman–Crippen MR) is 123 cm³/mol. The molecular weight excluding hydrogens is 471 g/mol. The minimum atomic E-state index is -0.905. The second-order valence-corrected chi connectivity index (χ2v) is 8.81. The first-order valence-electron chi connectivity index (χ1n) is 11.1. The minimum absolute atomic E-state index is 0.0357. The van der Waals surface area contributed by atoms with Gasteiger partial charge in [-0.05, 0) is 40.8 Å². The number of phenolic OH excluding ortho intramolecular Hbond substituents is 1. The van der Waals surface area contributed by atoms with E-state index in [9.17, 15) is 23.9 Å². The van der Waals surface area contributed by atoms with Crippen molar-refractivity contribution in [1.29, 1.82) is 0 Å². The van der Waals surface area contributed by atoms with E-state index in [4.69, 9.17) is 4.74 Å². The summed E-state index contributed by atoms with van der Waals surface area (Å²) >= 11 is 0. The summed E-state index contributed by atoms with van der Waals surface area (Å²) in [6.07, 6.45) is 1.14. The molecule has 4 aromatic rings. The number of aromatic hydroxyl groups is 1. The SMILES string of the molecule is CC(C)c1cc(C(=O)N2Cc3ccc(F)cc3C2)c(O)cc1OC(=O)c1ncn2c(=O)n(C)nnc12. The van der Waals surface area contributed by atoms with E-state index in [0.717, 1.165) is 21.0 Å². The van der Waals surface area contributed by atoms with Crippen LogP contribution in [0.2, 0.25) is 0 Å². The molecule has 1 aliphatic rings.